The third-order valence-electron chi connectivity index (χ3n) is 4.31. The maximum Gasteiger partial charge on any atom is 0.293 e. The number of aromatic hydroxyl groups is 1. The molecule has 0 unspecified atom stereocenters. The number of thioether (sulfide) groups is 1. The molecule has 2 aliphatic rings. The second-order valence-corrected chi connectivity index (χ2v) is 7.85. The molecule has 122 valence electrons. The number of benzene rings is 1. The van der Waals surface area contributed by atoms with Gasteiger partial charge >= 0.3 is 0 Å². The van der Waals surface area contributed by atoms with E-state index in [2.05, 4.69) is 15.9 Å². The van der Waals surface area contributed by atoms with E-state index in [1.807, 2.05) is 0 Å². The van der Waals surface area contributed by atoms with Gasteiger partial charge in [0.05, 0.1) is 9.38 Å². The topological polar surface area (TPSA) is 57.6 Å². The van der Waals surface area contributed by atoms with Crippen molar-refractivity contribution in [3.05, 3.63) is 33.1 Å². The largest absolute Gasteiger partial charge is 0.507 e. The normalized spacial score (nSPS) is 21.4. The van der Waals surface area contributed by atoms with Crippen LogP contribution in [0.2, 0.25) is 0 Å². The molecule has 1 N–H and O–H groups in total. The number of phenols is 1. The number of phenolic OH excluding ortho intramolecular Hbond substituents is 1. The van der Waals surface area contributed by atoms with Gasteiger partial charge in [0.25, 0.3) is 11.1 Å². The number of imide groups is 1. The van der Waals surface area contributed by atoms with E-state index < -0.39 is 0 Å². The summed E-state index contributed by atoms with van der Waals surface area (Å²) in [4.78, 5) is 26.5. The molecule has 1 aliphatic heterocycles. The minimum Gasteiger partial charge on any atom is -0.507 e. The van der Waals surface area contributed by atoms with Crippen LogP contribution < -0.4 is 0 Å². The lowest BCUT2D eigenvalue weighted by Crippen LogP contribution is -2.34. The van der Waals surface area contributed by atoms with Crippen LogP contribution in [0.5, 0.6) is 5.75 Å². The highest BCUT2D eigenvalue weighted by Gasteiger charge is 2.36. The molecule has 0 aromatic heterocycles. The Hall–Kier alpha value is -1.27. The summed E-state index contributed by atoms with van der Waals surface area (Å²) in [6, 6.07) is 5.00. The molecular formula is C17H18BrNO3S. The molecule has 1 heterocycles. The molecule has 0 radical (unpaired) electrons. The van der Waals surface area contributed by atoms with Crippen molar-refractivity contribution in [2.45, 2.75) is 32.1 Å². The van der Waals surface area contributed by atoms with Crippen molar-refractivity contribution in [2.75, 3.05) is 6.54 Å². The third-order valence-corrected chi connectivity index (χ3v) is 5.85. The van der Waals surface area contributed by atoms with Crippen LogP contribution in [0.15, 0.2) is 27.6 Å². The van der Waals surface area contributed by atoms with E-state index in [9.17, 15) is 14.7 Å². The molecule has 2 amide bonds. The first-order valence-electron chi connectivity index (χ1n) is 7.78. The molecule has 1 saturated heterocycles. The summed E-state index contributed by atoms with van der Waals surface area (Å²) in [5.74, 6) is 0.391. The summed E-state index contributed by atoms with van der Waals surface area (Å²) >= 11 is 4.25. The summed E-state index contributed by atoms with van der Waals surface area (Å²) in [6.07, 6.45) is 7.55. The molecule has 4 nitrogen and oxygen atoms in total. The lowest BCUT2D eigenvalue weighted by molar-refractivity contribution is -0.123. The van der Waals surface area contributed by atoms with E-state index in [1.165, 1.54) is 24.2 Å². The lowest BCUT2D eigenvalue weighted by Gasteiger charge is -2.25. The zero-order valence-corrected chi connectivity index (χ0v) is 15.0. The quantitative estimate of drug-likeness (QED) is 0.748. The van der Waals surface area contributed by atoms with E-state index >= 15 is 0 Å². The number of hydrogen-bond donors (Lipinski definition) is 1. The first kappa shape index (κ1) is 16.6. The number of hydrogen-bond acceptors (Lipinski definition) is 4. The zero-order chi connectivity index (χ0) is 16.4. The van der Waals surface area contributed by atoms with Gasteiger partial charge in [-0.2, -0.15) is 0 Å². The summed E-state index contributed by atoms with van der Waals surface area (Å²) in [6.45, 7) is 0.543. The van der Waals surface area contributed by atoms with Crippen molar-refractivity contribution in [3.63, 3.8) is 0 Å². The van der Waals surface area contributed by atoms with E-state index in [0.29, 0.717) is 21.8 Å². The molecule has 0 atom stereocenters. The van der Waals surface area contributed by atoms with Crippen LogP contribution in [-0.4, -0.2) is 27.7 Å². The first-order chi connectivity index (χ1) is 11.0. The van der Waals surface area contributed by atoms with E-state index in [-0.39, 0.29) is 16.9 Å². The number of carbonyl (C=O) groups excluding carboxylic acids is 2. The molecule has 2 fully saturated rings. The first-order valence-corrected chi connectivity index (χ1v) is 9.39. The Balaban J connectivity index is 1.74. The Labute approximate surface area is 148 Å². The molecule has 3 rings (SSSR count). The van der Waals surface area contributed by atoms with Crippen molar-refractivity contribution in [3.8, 4) is 5.75 Å². The molecule has 1 aromatic rings. The van der Waals surface area contributed by atoms with Crippen molar-refractivity contribution in [1.82, 2.24) is 4.90 Å². The molecule has 0 bridgehead atoms. The fourth-order valence-electron chi connectivity index (χ4n) is 3.05. The molecular weight excluding hydrogens is 378 g/mol. The fraction of sp³-hybridized carbons (Fsp3) is 0.412. The predicted molar refractivity (Wildman–Crippen MR) is 95.1 cm³/mol. The number of nitrogens with zero attached hydrogens (tertiary/aromatic N) is 1. The highest BCUT2D eigenvalue weighted by molar-refractivity contribution is 9.10. The van der Waals surface area contributed by atoms with Crippen LogP contribution in [0, 0.1) is 5.92 Å². The van der Waals surface area contributed by atoms with Gasteiger partial charge in [-0.3, -0.25) is 14.5 Å². The van der Waals surface area contributed by atoms with Crippen LogP contribution in [-0.2, 0) is 4.79 Å². The number of rotatable bonds is 3. The maximum absolute atomic E-state index is 12.5. The third kappa shape index (κ3) is 3.80. The molecule has 6 heteroatoms. The summed E-state index contributed by atoms with van der Waals surface area (Å²) in [7, 11) is 0. The Morgan fingerprint density at radius 3 is 2.70 bits per heavy atom. The Morgan fingerprint density at radius 1 is 1.26 bits per heavy atom. The van der Waals surface area contributed by atoms with Crippen LogP contribution in [0.25, 0.3) is 6.08 Å². The fourth-order valence-corrected chi connectivity index (χ4v) is 4.29. The lowest BCUT2D eigenvalue weighted by atomic mass is 9.89. The Morgan fingerprint density at radius 2 is 2.00 bits per heavy atom. The van der Waals surface area contributed by atoms with Crippen molar-refractivity contribution in [1.29, 1.82) is 0 Å². The van der Waals surface area contributed by atoms with Crippen LogP contribution in [0.4, 0.5) is 4.79 Å². The van der Waals surface area contributed by atoms with E-state index in [4.69, 9.17) is 0 Å². The monoisotopic (exact) mass is 395 g/mol. The standard InChI is InChI=1S/C17H18BrNO3S/c18-13-8-12(6-7-14(13)20)9-15-16(21)19(17(22)23-15)10-11-4-2-1-3-5-11/h6-9,11,20H,1-5,10H2/b15-9+. The van der Waals surface area contributed by atoms with Gasteiger partial charge < -0.3 is 5.11 Å². The van der Waals surface area contributed by atoms with Gasteiger partial charge in [-0.05, 0) is 70.2 Å². The Kier molecular flexibility index (Phi) is 5.11. The molecule has 23 heavy (non-hydrogen) atoms. The predicted octanol–water partition coefficient (Wildman–Crippen LogP) is 4.77. The average molecular weight is 396 g/mol. The van der Waals surface area contributed by atoms with Crippen LogP contribution in [0.3, 0.4) is 0 Å². The minimum absolute atomic E-state index is 0.146. The van der Waals surface area contributed by atoms with Crippen LogP contribution >= 0.6 is 27.7 Å². The summed E-state index contributed by atoms with van der Waals surface area (Å²) in [5, 5.41) is 9.34. The zero-order valence-electron chi connectivity index (χ0n) is 12.6. The van der Waals surface area contributed by atoms with Crippen molar-refractivity contribution in [2.24, 2.45) is 5.92 Å². The average Bonchev–Trinajstić information content (AvgIpc) is 2.80. The second kappa shape index (κ2) is 7.09. The van der Waals surface area contributed by atoms with Crippen LogP contribution in [0.1, 0.15) is 37.7 Å². The highest BCUT2D eigenvalue weighted by Crippen LogP contribution is 2.35. The highest BCUT2D eigenvalue weighted by atomic mass is 79.9. The summed E-state index contributed by atoms with van der Waals surface area (Å²) in [5.41, 5.74) is 0.776. The molecule has 1 aromatic carbocycles. The van der Waals surface area contributed by atoms with Gasteiger partial charge in [0.15, 0.2) is 0 Å². The number of amides is 2. The van der Waals surface area contributed by atoms with Gasteiger partial charge in [-0.1, -0.05) is 25.3 Å². The Bertz CT molecular complexity index is 668. The van der Waals surface area contributed by atoms with Gasteiger partial charge in [0.1, 0.15) is 5.75 Å². The minimum atomic E-state index is -0.199. The van der Waals surface area contributed by atoms with Crippen molar-refractivity contribution >= 4 is 44.9 Å². The summed E-state index contributed by atoms with van der Waals surface area (Å²) < 4.78 is 0.563. The van der Waals surface area contributed by atoms with Gasteiger partial charge in [0.2, 0.25) is 0 Å². The van der Waals surface area contributed by atoms with Crippen molar-refractivity contribution < 1.29 is 14.7 Å². The van der Waals surface area contributed by atoms with Gasteiger partial charge in [-0.25, -0.2) is 0 Å². The number of carbonyl (C=O) groups is 2. The molecule has 1 aliphatic carbocycles. The SMILES string of the molecule is O=C1S/C(=C/c2ccc(O)c(Br)c2)C(=O)N1CC1CCCCC1. The van der Waals surface area contributed by atoms with Gasteiger partial charge in [0, 0.05) is 6.54 Å². The molecule has 1 saturated carbocycles. The smallest absolute Gasteiger partial charge is 0.293 e. The number of halogens is 1. The van der Waals surface area contributed by atoms with E-state index in [0.717, 1.165) is 30.2 Å². The second-order valence-electron chi connectivity index (χ2n) is 6.01. The van der Waals surface area contributed by atoms with Gasteiger partial charge in [-0.15, -0.1) is 0 Å². The van der Waals surface area contributed by atoms with E-state index in [1.54, 1.807) is 24.3 Å². The maximum atomic E-state index is 12.5. The molecule has 0 spiro atoms.